The van der Waals surface area contributed by atoms with Crippen LogP contribution in [0.4, 0.5) is 5.69 Å². The topological polar surface area (TPSA) is 93.5 Å². The number of rotatable bonds is 5. The summed E-state index contributed by atoms with van der Waals surface area (Å²) in [6.07, 6.45) is 0.412. The lowest BCUT2D eigenvalue weighted by molar-refractivity contribution is -0.132. The minimum atomic E-state index is -1.08. The van der Waals surface area contributed by atoms with Crippen molar-refractivity contribution in [3.05, 3.63) is 64.7 Å². The summed E-state index contributed by atoms with van der Waals surface area (Å²) in [6.45, 7) is 2.57. The second kappa shape index (κ2) is 9.01. The molecule has 32 heavy (non-hydrogen) atoms. The van der Waals surface area contributed by atoms with Gasteiger partial charge in [-0.1, -0.05) is 29.8 Å². The number of amides is 3. The third kappa shape index (κ3) is 4.32. The predicted octanol–water partition coefficient (Wildman–Crippen LogP) is 2.62. The van der Waals surface area contributed by atoms with E-state index in [-0.39, 0.29) is 37.0 Å². The molecule has 1 atom stereocenters. The van der Waals surface area contributed by atoms with Crippen LogP contribution in [0, 0.1) is 11.3 Å². The van der Waals surface area contributed by atoms with Crippen molar-refractivity contribution in [1.82, 2.24) is 10.2 Å². The highest BCUT2D eigenvalue weighted by Crippen LogP contribution is 2.37. The van der Waals surface area contributed by atoms with Gasteiger partial charge in [-0.2, -0.15) is 5.26 Å². The van der Waals surface area contributed by atoms with Gasteiger partial charge in [-0.25, -0.2) is 0 Å². The molecule has 7 nitrogen and oxygen atoms in total. The molecule has 0 radical (unpaired) electrons. The Morgan fingerprint density at radius 2 is 1.81 bits per heavy atom. The van der Waals surface area contributed by atoms with E-state index >= 15 is 0 Å². The average Bonchev–Trinajstić information content (AvgIpc) is 3.11. The number of benzene rings is 2. The van der Waals surface area contributed by atoms with E-state index in [0.29, 0.717) is 42.3 Å². The number of nitriles is 1. The van der Waals surface area contributed by atoms with Gasteiger partial charge in [0.25, 0.3) is 0 Å². The summed E-state index contributed by atoms with van der Waals surface area (Å²) >= 11 is 6.09. The van der Waals surface area contributed by atoms with E-state index < -0.39 is 5.41 Å². The van der Waals surface area contributed by atoms with Crippen molar-refractivity contribution in [3.8, 4) is 6.07 Å². The Labute approximate surface area is 191 Å². The van der Waals surface area contributed by atoms with Crippen molar-refractivity contribution in [2.24, 2.45) is 0 Å². The van der Waals surface area contributed by atoms with Crippen LogP contribution in [-0.4, -0.2) is 48.8 Å². The molecule has 0 bridgehead atoms. The Balaban J connectivity index is 1.41. The molecule has 2 aliphatic heterocycles. The molecule has 0 saturated carbocycles. The summed E-state index contributed by atoms with van der Waals surface area (Å²) < 4.78 is 0. The van der Waals surface area contributed by atoms with Crippen molar-refractivity contribution in [1.29, 1.82) is 5.26 Å². The standard InChI is InChI=1S/C24H23ClN4O3/c25-19-2-1-3-20(14-19)28-10-12-29(13-11-28)22(31)8-9-24(15-21(30)27-23(24)32)18-6-4-17(16-26)5-7-18/h1-7,14H,8-13,15H2,(H,27,30,32). The van der Waals surface area contributed by atoms with Crippen molar-refractivity contribution >= 4 is 35.0 Å². The third-order valence-corrected chi connectivity index (χ3v) is 6.52. The zero-order valence-corrected chi connectivity index (χ0v) is 18.3. The Hall–Kier alpha value is -3.37. The van der Waals surface area contributed by atoms with Gasteiger partial charge in [0, 0.05) is 49.7 Å². The lowest BCUT2D eigenvalue weighted by Crippen LogP contribution is -2.49. The van der Waals surface area contributed by atoms with E-state index in [1.807, 2.05) is 35.2 Å². The van der Waals surface area contributed by atoms with Crippen LogP contribution < -0.4 is 10.2 Å². The fourth-order valence-electron chi connectivity index (χ4n) is 4.45. The predicted molar refractivity (Wildman–Crippen MR) is 120 cm³/mol. The molecular weight excluding hydrogens is 428 g/mol. The molecule has 1 unspecified atom stereocenters. The largest absolute Gasteiger partial charge is 0.368 e. The molecule has 164 valence electrons. The highest BCUT2D eigenvalue weighted by molar-refractivity contribution is 6.30. The monoisotopic (exact) mass is 450 g/mol. The van der Waals surface area contributed by atoms with E-state index in [9.17, 15) is 14.4 Å². The quantitative estimate of drug-likeness (QED) is 0.707. The summed E-state index contributed by atoms with van der Waals surface area (Å²) in [5, 5.41) is 12.1. The van der Waals surface area contributed by atoms with Gasteiger partial charge in [0.1, 0.15) is 0 Å². The fourth-order valence-corrected chi connectivity index (χ4v) is 4.64. The molecule has 4 rings (SSSR count). The first-order chi connectivity index (χ1) is 15.4. The van der Waals surface area contributed by atoms with Crippen LogP contribution in [0.1, 0.15) is 30.4 Å². The van der Waals surface area contributed by atoms with E-state index in [2.05, 4.69) is 10.2 Å². The van der Waals surface area contributed by atoms with Crippen LogP contribution in [-0.2, 0) is 19.8 Å². The minimum absolute atomic E-state index is 0.00750. The first kappa shape index (κ1) is 21.8. The third-order valence-electron chi connectivity index (χ3n) is 6.29. The Morgan fingerprint density at radius 3 is 2.41 bits per heavy atom. The van der Waals surface area contributed by atoms with Crippen LogP contribution >= 0.6 is 11.6 Å². The van der Waals surface area contributed by atoms with Gasteiger partial charge in [-0.15, -0.1) is 0 Å². The number of carbonyl (C=O) groups excluding carboxylic acids is 3. The van der Waals surface area contributed by atoms with Crippen LogP contribution in [0.5, 0.6) is 0 Å². The van der Waals surface area contributed by atoms with Gasteiger partial charge in [-0.3, -0.25) is 19.7 Å². The van der Waals surface area contributed by atoms with Gasteiger partial charge in [0.2, 0.25) is 17.7 Å². The minimum Gasteiger partial charge on any atom is -0.368 e. The zero-order chi connectivity index (χ0) is 22.7. The highest BCUT2D eigenvalue weighted by atomic mass is 35.5. The van der Waals surface area contributed by atoms with Crippen LogP contribution in [0.15, 0.2) is 48.5 Å². The number of hydrogen-bond acceptors (Lipinski definition) is 5. The van der Waals surface area contributed by atoms with Gasteiger partial charge in [-0.05, 0) is 42.3 Å². The lowest BCUT2D eigenvalue weighted by Gasteiger charge is -2.36. The molecule has 2 fully saturated rings. The molecule has 2 heterocycles. The summed E-state index contributed by atoms with van der Waals surface area (Å²) in [7, 11) is 0. The van der Waals surface area contributed by atoms with E-state index in [1.165, 1.54) is 0 Å². The highest BCUT2D eigenvalue weighted by Gasteiger charge is 2.48. The van der Waals surface area contributed by atoms with Crippen molar-refractivity contribution in [3.63, 3.8) is 0 Å². The number of halogens is 1. The fraction of sp³-hybridized carbons (Fsp3) is 0.333. The zero-order valence-electron chi connectivity index (χ0n) is 17.5. The Bertz CT molecular complexity index is 1090. The second-order valence-electron chi connectivity index (χ2n) is 8.17. The number of imide groups is 1. The second-order valence-corrected chi connectivity index (χ2v) is 8.61. The molecule has 0 aliphatic carbocycles. The number of piperazine rings is 1. The summed E-state index contributed by atoms with van der Waals surface area (Å²) in [5.74, 6) is -0.761. The van der Waals surface area contributed by atoms with Crippen LogP contribution in [0.3, 0.4) is 0 Å². The first-order valence-electron chi connectivity index (χ1n) is 10.5. The first-order valence-corrected chi connectivity index (χ1v) is 10.9. The number of hydrogen-bond donors (Lipinski definition) is 1. The van der Waals surface area contributed by atoms with Crippen molar-refractivity contribution in [2.75, 3.05) is 31.1 Å². The SMILES string of the molecule is N#Cc1ccc(C2(CCC(=O)N3CCN(c4cccc(Cl)c4)CC3)CC(=O)NC2=O)cc1. The smallest absolute Gasteiger partial charge is 0.237 e. The molecule has 0 aromatic heterocycles. The number of carbonyl (C=O) groups is 3. The molecule has 2 aliphatic rings. The summed E-state index contributed by atoms with van der Waals surface area (Å²) in [4.78, 5) is 41.7. The Morgan fingerprint density at radius 1 is 1.09 bits per heavy atom. The molecule has 3 amide bonds. The number of nitrogens with one attached hydrogen (secondary N) is 1. The maximum atomic E-state index is 12.9. The van der Waals surface area contributed by atoms with Crippen LogP contribution in [0.25, 0.3) is 0 Å². The molecule has 0 spiro atoms. The molecule has 2 aromatic rings. The lowest BCUT2D eigenvalue weighted by atomic mass is 9.75. The average molecular weight is 451 g/mol. The Kier molecular flexibility index (Phi) is 6.15. The van der Waals surface area contributed by atoms with Gasteiger partial charge < -0.3 is 9.80 Å². The van der Waals surface area contributed by atoms with Crippen LogP contribution in [0.2, 0.25) is 5.02 Å². The van der Waals surface area contributed by atoms with E-state index in [4.69, 9.17) is 16.9 Å². The molecule has 1 N–H and O–H groups in total. The van der Waals surface area contributed by atoms with E-state index in [0.717, 1.165) is 5.69 Å². The maximum absolute atomic E-state index is 12.9. The van der Waals surface area contributed by atoms with E-state index in [1.54, 1.807) is 24.3 Å². The molecule has 2 aromatic carbocycles. The number of nitrogens with zero attached hydrogens (tertiary/aromatic N) is 3. The summed E-state index contributed by atoms with van der Waals surface area (Å²) in [6, 6.07) is 16.4. The van der Waals surface area contributed by atoms with Crippen molar-refractivity contribution < 1.29 is 14.4 Å². The summed E-state index contributed by atoms with van der Waals surface area (Å²) in [5.41, 5.74) is 1.08. The molecular formula is C24H23ClN4O3. The molecule has 8 heteroatoms. The number of anilines is 1. The van der Waals surface area contributed by atoms with Gasteiger partial charge >= 0.3 is 0 Å². The van der Waals surface area contributed by atoms with Gasteiger partial charge in [0.15, 0.2) is 0 Å². The normalized spacial score (nSPS) is 20.8. The van der Waals surface area contributed by atoms with Gasteiger partial charge in [0.05, 0.1) is 17.0 Å². The molecule has 2 saturated heterocycles. The maximum Gasteiger partial charge on any atom is 0.237 e. The van der Waals surface area contributed by atoms with Crippen molar-refractivity contribution in [2.45, 2.75) is 24.7 Å².